The summed E-state index contributed by atoms with van der Waals surface area (Å²) in [5, 5.41) is 0. The molecule has 0 aromatic heterocycles. The van der Waals surface area contributed by atoms with Crippen molar-refractivity contribution < 1.29 is 0 Å². The molecule has 3 heteroatoms. The van der Waals surface area contributed by atoms with Crippen molar-refractivity contribution in [2.75, 3.05) is 0 Å². The monoisotopic (exact) mass is 251 g/mol. The van der Waals surface area contributed by atoms with E-state index in [9.17, 15) is 0 Å². The fourth-order valence-electron chi connectivity index (χ4n) is 0.605. The first-order valence-electron chi connectivity index (χ1n) is 2.61. The molecule has 0 saturated heterocycles. The van der Waals surface area contributed by atoms with E-state index in [0.717, 1.165) is 6.42 Å². The Bertz CT molecular complexity index is 183. The molecule has 0 aliphatic carbocycles. The first kappa shape index (κ1) is 7.42. The average molecular weight is 251 g/mol. The smallest absolute Gasteiger partial charge is 0.0465 e. The van der Waals surface area contributed by atoms with E-state index in [4.69, 9.17) is 0 Å². The van der Waals surface area contributed by atoms with Crippen LogP contribution in [-0.2, 0) is 0 Å². The molecule has 1 heterocycles. The molecular weight excluding hydrogens is 244 g/mol. The largest absolute Gasteiger partial charge is 0.260 e. The summed E-state index contributed by atoms with van der Waals surface area (Å²) in [4.78, 5) is 4.19. The maximum atomic E-state index is 4.19. The Morgan fingerprint density at radius 2 is 2.67 bits per heavy atom. The van der Waals surface area contributed by atoms with Gasteiger partial charge in [0.2, 0.25) is 0 Å². The predicted octanol–water partition coefficient (Wildman–Crippen LogP) is 2.89. The van der Waals surface area contributed by atoms with Crippen LogP contribution in [0, 0.1) is 0 Å². The second-order valence-corrected chi connectivity index (χ2v) is 4.34. The molecule has 1 nitrogen and oxygen atoms in total. The standard InChI is InChI=1S/C6H7INP/c1-2-9-6-3-5(7)4-8-6/h2,4,9H,1,3H2. The van der Waals surface area contributed by atoms with Crippen LogP contribution in [0.15, 0.2) is 27.2 Å². The Hall–Kier alpha value is 0.310. The molecular formula is C6H7INP. The fourth-order valence-corrected chi connectivity index (χ4v) is 2.13. The summed E-state index contributed by atoms with van der Waals surface area (Å²) >= 11 is 2.30. The van der Waals surface area contributed by atoms with E-state index < -0.39 is 0 Å². The van der Waals surface area contributed by atoms with Crippen molar-refractivity contribution in [2.24, 2.45) is 4.99 Å². The highest BCUT2D eigenvalue weighted by Gasteiger charge is 2.04. The third kappa shape index (κ3) is 2.18. The summed E-state index contributed by atoms with van der Waals surface area (Å²) in [6.07, 6.45) is 2.97. The van der Waals surface area contributed by atoms with Gasteiger partial charge in [-0.1, -0.05) is 21.0 Å². The Balaban J connectivity index is 2.43. The van der Waals surface area contributed by atoms with Gasteiger partial charge in [-0.15, -0.1) is 0 Å². The lowest BCUT2D eigenvalue weighted by atomic mass is 10.5. The molecule has 1 unspecified atom stereocenters. The molecule has 9 heavy (non-hydrogen) atoms. The molecule has 0 radical (unpaired) electrons. The number of nitrogens with zero attached hydrogens (tertiary/aromatic N) is 1. The molecule has 0 saturated carbocycles. The molecule has 1 aliphatic rings. The number of aliphatic imine (C=N–C) groups is 1. The first-order valence-corrected chi connectivity index (χ1v) is 4.77. The second kappa shape index (κ2) is 3.47. The lowest BCUT2D eigenvalue weighted by molar-refractivity contribution is 1.57. The maximum absolute atomic E-state index is 4.19. The molecule has 1 rings (SSSR count). The highest BCUT2D eigenvalue weighted by molar-refractivity contribution is 14.1. The topological polar surface area (TPSA) is 12.4 Å². The first-order chi connectivity index (χ1) is 4.33. The van der Waals surface area contributed by atoms with Crippen molar-refractivity contribution in [1.29, 1.82) is 0 Å². The quantitative estimate of drug-likeness (QED) is 0.528. The molecule has 0 amide bonds. The second-order valence-electron chi connectivity index (χ2n) is 1.68. The van der Waals surface area contributed by atoms with Gasteiger partial charge in [0.05, 0.1) is 0 Å². The van der Waals surface area contributed by atoms with Gasteiger partial charge in [0.15, 0.2) is 0 Å². The van der Waals surface area contributed by atoms with E-state index in [1.807, 2.05) is 12.0 Å². The van der Waals surface area contributed by atoms with Crippen LogP contribution in [0.25, 0.3) is 0 Å². The Labute approximate surface area is 70.3 Å². The van der Waals surface area contributed by atoms with Gasteiger partial charge in [-0.3, -0.25) is 4.99 Å². The van der Waals surface area contributed by atoms with E-state index in [1.165, 1.54) is 9.03 Å². The van der Waals surface area contributed by atoms with Crippen LogP contribution in [0.2, 0.25) is 0 Å². The van der Waals surface area contributed by atoms with Crippen molar-refractivity contribution in [3.8, 4) is 0 Å². The van der Waals surface area contributed by atoms with Crippen LogP contribution in [-0.4, -0.2) is 5.45 Å². The molecule has 1 aliphatic heterocycles. The molecule has 0 aromatic rings. The highest BCUT2D eigenvalue weighted by Crippen LogP contribution is 2.27. The summed E-state index contributed by atoms with van der Waals surface area (Å²) < 4.78 is 1.33. The van der Waals surface area contributed by atoms with E-state index >= 15 is 0 Å². The lowest BCUT2D eigenvalue weighted by Gasteiger charge is -1.91. The minimum Gasteiger partial charge on any atom is -0.260 e. The van der Waals surface area contributed by atoms with Crippen molar-refractivity contribution >= 4 is 36.6 Å². The number of halogens is 1. The van der Waals surface area contributed by atoms with Gasteiger partial charge in [0.25, 0.3) is 0 Å². The van der Waals surface area contributed by atoms with Gasteiger partial charge in [-0.2, -0.15) is 0 Å². The van der Waals surface area contributed by atoms with E-state index in [2.05, 4.69) is 34.2 Å². The number of hydrogen-bond acceptors (Lipinski definition) is 1. The zero-order valence-electron chi connectivity index (χ0n) is 4.89. The zero-order valence-corrected chi connectivity index (χ0v) is 8.05. The van der Waals surface area contributed by atoms with Gasteiger partial charge in [-0.05, 0) is 22.6 Å². The zero-order chi connectivity index (χ0) is 6.69. The SMILES string of the molecule is C=CPC1=NC=C(I)C1. The third-order valence-electron chi connectivity index (χ3n) is 0.965. The summed E-state index contributed by atoms with van der Waals surface area (Å²) in [5.41, 5.74) is 1.26. The van der Waals surface area contributed by atoms with Crippen LogP contribution >= 0.6 is 31.2 Å². The molecule has 1 atom stereocenters. The van der Waals surface area contributed by atoms with E-state index in [0.29, 0.717) is 8.58 Å². The number of allylic oxidation sites excluding steroid dienone is 1. The molecule has 48 valence electrons. The van der Waals surface area contributed by atoms with Crippen molar-refractivity contribution in [3.63, 3.8) is 0 Å². The summed E-state index contributed by atoms with van der Waals surface area (Å²) in [6.45, 7) is 3.66. The van der Waals surface area contributed by atoms with Crippen molar-refractivity contribution in [1.82, 2.24) is 0 Å². The van der Waals surface area contributed by atoms with Gasteiger partial charge in [0, 0.05) is 21.7 Å². The van der Waals surface area contributed by atoms with Crippen molar-refractivity contribution in [3.05, 3.63) is 22.2 Å². The Kier molecular flexibility index (Phi) is 2.86. The predicted molar refractivity (Wildman–Crippen MR) is 52.7 cm³/mol. The fraction of sp³-hybridized carbons (Fsp3) is 0.167. The van der Waals surface area contributed by atoms with Crippen LogP contribution in [0.3, 0.4) is 0 Å². The van der Waals surface area contributed by atoms with Crippen LogP contribution < -0.4 is 0 Å². The van der Waals surface area contributed by atoms with E-state index in [1.54, 1.807) is 0 Å². The summed E-state index contributed by atoms with van der Waals surface area (Å²) in [5.74, 6) is 1.92. The number of rotatable bonds is 2. The van der Waals surface area contributed by atoms with Crippen LogP contribution in [0.1, 0.15) is 6.42 Å². The van der Waals surface area contributed by atoms with E-state index in [-0.39, 0.29) is 0 Å². The Morgan fingerprint density at radius 3 is 3.11 bits per heavy atom. The third-order valence-corrected chi connectivity index (χ3v) is 2.47. The van der Waals surface area contributed by atoms with Gasteiger partial charge < -0.3 is 0 Å². The van der Waals surface area contributed by atoms with Crippen molar-refractivity contribution in [2.45, 2.75) is 6.42 Å². The normalized spacial score (nSPS) is 18.3. The molecule has 0 bridgehead atoms. The van der Waals surface area contributed by atoms with Crippen LogP contribution in [0.4, 0.5) is 0 Å². The summed E-state index contributed by atoms with van der Waals surface area (Å²) in [6, 6.07) is 0. The minimum atomic E-state index is 0.711. The van der Waals surface area contributed by atoms with Gasteiger partial charge in [0.1, 0.15) is 0 Å². The highest BCUT2D eigenvalue weighted by atomic mass is 127. The average Bonchev–Trinajstić information content (AvgIpc) is 2.17. The Morgan fingerprint density at radius 1 is 1.89 bits per heavy atom. The molecule has 0 spiro atoms. The van der Waals surface area contributed by atoms with Gasteiger partial charge in [-0.25, -0.2) is 0 Å². The minimum absolute atomic E-state index is 0.711. The number of hydrogen-bond donors (Lipinski definition) is 0. The molecule has 0 fully saturated rings. The maximum Gasteiger partial charge on any atom is 0.0465 e. The van der Waals surface area contributed by atoms with Crippen LogP contribution in [0.5, 0.6) is 0 Å². The van der Waals surface area contributed by atoms with Gasteiger partial charge >= 0.3 is 0 Å². The summed E-state index contributed by atoms with van der Waals surface area (Å²) in [7, 11) is 0.711. The molecule has 0 aromatic carbocycles. The molecule has 0 N–H and O–H groups in total. The lowest BCUT2D eigenvalue weighted by Crippen LogP contribution is -1.79.